The smallest absolute Gasteiger partial charge is 0.274 e. The summed E-state index contributed by atoms with van der Waals surface area (Å²) in [5.41, 5.74) is 7.81. The molecule has 7 nitrogen and oxygen atoms in total. The zero-order chi connectivity index (χ0) is 24.6. The maximum atomic E-state index is 13.3. The molecule has 1 aliphatic heterocycles. The predicted molar refractivity (Wildman–Crippen MR) is 138 cm³/mol. The van der Waals surface area contributed by atoms with Gasteiger partial charge in [-0.05, 0) is 73.3 Å². The number of halogens is 2. The van der Waals surface area contributed by atoms with Crippen LogP contribution < -0.4 is 30.0 Å². The lowest BCUT2D eigenvalue weighted by atomic mass is 9.84. The molecule has 170 valence electrons. The van der Waals surface area contributed by atoms with Gasteiger partial charge in [0.2, 0.25) is 0 Å². The van der Waals surface area contributed by atoms with Gasteiger partial charge in [0.1, 0.15) is 22.0 Å². The number of rotatable bonds is 4. The van der Waals surface area contributed by atoms with Crippen molar-refractivity contribution in [2.24, 2.45) is 5.73 Å². The van der Waals surface area contributed by atoms with Gasteiger partial charge >= 0.3 is 0 Å². The summed E-state index contributed by atoms with van der Waals surface area (Å²) in [7, 11) is 3.12. The number of allylic oxidation sites excluding steroid dienone is 1. The maximum absolute atomic E-state index is 13.3. The number of nitrogens with zero attached hydrogens (tertiary/aromatic N) is 3. The molecule has 1 aromatic heterocycles. The standard InChI is InChI=1S/C24H16Br2N4O3S/c1-32-18-5-3-12(7-16(18)25)8-20-23(31)30-22(29)14(10-27)21(15(11-28)24(30)34-20)13-4-6-19(33-2)17(26)9-13/h3-9,21H,29H2,1-2H3/b20-8+/t21-/m0/s1. The van der Waals surface area contributed by atoms with Gasteiger partial charge < -0.3 is 15.2 Å². The second-order valence-corrected chi connectivity index (χ2v) is 9.95. The summed E-state index contributed by atoms with van der Waals surface area (Å²) in [6.45, 7) is 0. The highest BCUT2D eigenvalue weighted by Gasteiger charge is 2.32. The van der Waals surface area contributed by atoms with Crippen molar-refractivity contribution in [2.45, 2.75) is 5.92 Å². The molecule has 0 bridgehead atoms. The molecule has 0 radical (unpaired) electrons. The van der Waals surface area contributed by atoms with Gasteiger partial charge in [-0.25, -0.2) is 0 Å². The first-order chi connectivity index (χ1) is 16.3. The molecule has 0 saturated heterocycles. The Labute approximate surface area is 215 Å². The number of nitriles is 2. The third-order valence-corrected chi connectivity index (χ3v) is 7.72. The molecule has 0 spiro atoms. The van der Waals surface area contributed by atoms with Crippen LogP contribution in [0, 0.1) is 22.7 Å². The Balaban J connectivity index is 2.00. The average molecular weight is 600 g/mol. The lowest BCUT2D eigenvalue weighted by molar-refractivity contribution is 0.412. The number of thiazole rings is 1. The Bertz CT molecular complexity index is 1620. The van der Waals surface area contributed by atoms with Crippen LogP contribution in [0.5, 0.6) is 11.5 Å². The van der Waals surface area contributed by atoms with Crippen LogP contribution in [-0.2, 0) is 0 Å². The molecule has 34 heavy (non-hydrogen) atoms. The molecule has 2 aromatic carbocycles. The van der Waals surface area contributed by atoms with Gasteiger partial charge in [0.15, 0.2) is 0 Å². The second-order valence-electron chi connectivity index (χ2n) is 7.21. The van der Waals surface area contributed by atoms with E-state index in [0.717, 1.165) is 21.4 Å². The molecular formula is C24H16Br2N4O3S. The van der Waals surface area contributed by atoms with Gasteiger partial charge in [-0.3, -0.25) is 9.36 Å². The summed E-state index contributed by atoms with van der Waals surface area (Å²) in [5.74, 6) is 0.589. The lowest BCUT2D eigenvalue weighted by Crippen LogP contribution is -2.38. The summed E-state index contributed by atoms with van der Waals surface area (Å²) in [4.78, 5) is 13.3. The van der Waals surface area contributed by atoms with Gasteiger partial charge in [0.05, 0.1) is 56.9 Å². The number of methoxy groups -OCH3 is 2. The van der Waals surface area contributed by atoms with Crippen molar-refractivity contribution in [3.8, 4) is 23.6 Å². The number of aromatic nitrogens is 1. The number of ether oxygens (including phenoxy) is 2. The maximum Gasteiger partial charge on any atom is 0.274 e. The monoisotopic (exact) mass is 598 g/mol. The number of hydrogen-bond acceptors (Lipinski definition) is 7. The van der Waals surface area contributed by atoms with E-state index < -0.39 is 5.92 Å². The Kier molecular flexibility index (Phi) is 6.67. The Morgan fingerprint density at radius 2 is 1.65 bits per heavy atom. The van der Waals surface area contributed by atoms with Crippen molar-refractivity contribution in [2.75, 3.05) is 14.2 Å². The topological polar surface area (TPSA) is 114 Å². The Morgan fingerprint density at radius 3 is 2.21 bits per heavy atom. The van der Waals surface area contributed by atoms with E-state index in [2.05, 4.69) is 44.0 Å². The fourth-order valence-corrected chi connectivity index (χ4v) is 6.02. The van der Waals surface area contributed by atoms with Crippen molar-refractivity contribution < 1.29 is 9.47 Å². The predicted octanol–water partition coefficient (Wildman–Crippen LogP) is 3.40. The summed E-state index contributed by atoms with van der Waals surface area (Å²) >= 11 is 8.06. The first kappa shape index (κ1) is 23.8. The molecule has 1 atom stereocenters. The molecule has 3 aromatic rings. The third-order valence-electron chi connectivity index (χ3n) is 5.37. The molecule has 0 saturated carbocycles. The van der Waals surface area contributed by atoms with Crippen LogP contribution in [-0.4, -0.2) is 18.8 Å². The van der Waals surface area contributed by atoms with Crippen molar-refractivity contribution in [3.05, 3.63) is 81.6 Å². The molecule has 0 fully saturated rings. The first-order valence-electron chi connectivity index (χ1n) is 9.79. The van der Waals surface area contributed by atoms with Gasteiger partial charge in [0.25, 0.3) is 5.56 Å². The highest BCUT2D eigenvalue weighted by molar-refractivity contribution is 9.10. The van der Waals surface area contributed by atoms with Crippen molar-refractivity contribution >= 4 is 60.7 Å². The van der Waals surface area contributed by atoms with Crippen molar-refractivity contribution in [1.82, 2.24) is 4.57 Å². The summed E-state index contributed by atoms with van der Waals surface area (Å²) in [5, 5.41) is 20.0. The van der Waals surface area contributed by atoms with Crippen LogP contribution in [0.15, 0.2) is 55.7 Å². The zero-order valence-corrected chi connectivity index (χ0v) is 21.9. The molecule has 0 amide bonds. The number of nitrogens with two attached hydrogens (primary N) is 1. The van der Waals surface area contributed by atoms with Crippen LogP contribution in [0.2, 0.25) is 0 Å². The molecule has 0 aliphatic carbocycles. The number of benzene rings is 2. The van der Waals surface area contributed by atoms with Crippen LogP contribution in [0.4, 0.5) is 0 Å². The van der Waals surface area contributed by atoms with Gasteiger partial charge in [0, 0.05) is 0 Å². The van der Waals surface area contributed by atoms with Crippen molar-refractivity contribution in [1.29, 1.82) is 10.5 Å². The first-order valence-corrected chi connectivity index (χ1v) is 12.2. The van der Waals surface area contributed by atoms with Crippen LogP contribution in [0.3, 0.4) is 0 Å². The summed E-state index contributed by atoms with van der Waals surface area (Å²) < 4.78 is 14.0. The van der Waals surface area contributed by atoms with Crippen LogP contribution >= 0.6 is 43.2 Å². The lowest BCUT2D eigenvalue weighted by Gasteiger charge is -2.22. The van der Waals surface area contributed by atoms with E-state index in [1.165, 1.54) is 4.57 Å². The SMILES string of the molecule is COc1ccc(/C=c2/sc3n(c2=O)C(N)=C(C#N)[C@H](c2ccc(OC)c(Br)c2)C=3C#N)cc1Br. The van der Waals surface area contributed by atoms with Crippen molar-refractivity contribution in [3.63, 3.8) is 0 Å². The summed E-state index contributed by atoms with van der Waals surface area (Å²) in [6.07, 6.45) is 1.72. The summed E-state index contributed by atoms with van der Waals surface area (Å²) in [6, 6.07) is 15.1. The quantitative estimate of drug-likeness (QED) is 0.492. The fourth-order valence-electron chi connectivity index (χ4n) is 3.77. The van der Waals surface area contributed by atoms with E-state index in [9.17, 15) is 15.3 Å². The van der Waals surface area contributed by atoms with Gasteiger partial charge in [-0.1, -0.05) is 12.1 Å². The fraction of sp³-hybridized carbons (Fsp3) is 0.125. The molecule has 1 aliphatic rings. The highest BCUT2D eigenvalue weighted by Crippen LogP contribution is 2.38. The molecule has 0 unspecified atom stereocenters. The minimum Gasteiger partial charge on any atom is -0.496 e. The molecule has 4 rings (SSSR count). The van der Waals surface area contributed by atoms with E-state index in [1.54, 1.807) is 44.6 Å². The Hall–Kier alpha value is -3.31. The third kappa shape index (κ3) is 3.94. The second kappa shape index (κ2) is 9.51. The van der Waals surface area contributed by atoms with Crippen LogP contribution in [0.25, 0.3) is 17.5 Å². The highest BCUT2D eigenvalue weighted by atomic mass is 79.9. The average Bonchev–Trinajstić information content (AvgIpc) is 3.15. The largest absolute Gasteiger partial charge is 0.496 e. The Morgan fingerprint density at radius 1 is 1.03 bits per heavy atom. The minimum absolute atomic E-state index is 0.0188. The van der Waals surface area contributed by atoms with E-state index >= 15 is 0 Å². The zero-order valence-electron chi connectivity index (χ0n) is 17.9. The van der Waals surface area contributed by atoms with Gasteiger partial charge in [-0.2, -0.15) is 10.5 Å². The normalized spacial score (nSPS) is 15.5. The van der Waals surface area contributed by atoms with E-state index in [4.69, 9.17) is 15.2 Å². The molecular weight excluding hydrogens is 584 g/mol. The molecule has 2 heterocycles. The van der Waals surface area contributed by atoms with E-state index in [1.807, 2.05) is 12.1 Å². The minimum atomic E-state index is -0.710. The number of fused-ring (bicyclic) bond motifs is 1. The van der Waals surface area contributed by atoms with Gasteiger partial charge in [-0.15, -0.1) is 11.3 Å². The molecule has 10 heteroatoms. The number of hydrogen-bond donors (Lipinski definition) is 1. The van der Waals surface area contributed by atoms with Crippen LogP contribution in [0.1, 0.15) is 17.0 Å². The molecule has 2 N–H and O–H groups in total. The van der Waals surface area contributed by atoms with E-state index in [0.29, 0.717) is 30.7 Å². The van der Waals surface area contributed by atoms with E-state index in [-0.39, 0.29) is 22.5 Å².